The number of hydrazine groups is 1. The van der Waals surface area contributed by atoms with Crippen LogP contribution in [0.1, 0.15) is 37.7 Å². The molecule has 0 spiro atoms. The highest BCUT2D eigenvalue weighted by molar-refractivity contribution is 7.90. The van der Waals surface area contributed by atoms with E-state index in [-0.39, 0.29) is 16.8 Å². The summed E-state index contributed by atoms with van der Waals surface area (Å²) in [6.07, 6.45) is 5.17. The maximum atomic E-state index is 12.2. The maximum Gasteiger partial charge on any atom is 0.337 e. The first-order valence-corrected chi connectivity index (χ1v) is 8.73. The van der Waals surface area contributed by atoms with Crippen LogP contribution in [0, 0.1) is 0 Å². The van der Waals surface area contributed by atoms with Crippen molar-refractivity contribution in [3.8, 4) is 0 Å². The smallest absolute Gasteiger partial charge is 0.334 e. The predicted molar refractivity (Wildman–Crippen MR) is 81.6 cm³/mol. The molecule has 118 valence electrons. The molecule has 0 bridgehead atoms. The van der Waals surface area contributed by atoms with Crippen LogP contribution in [0.15, 0.2) is 33.6 Å². The van der Waals surface area contributed by atoms with E-state index in [4.69, 9.17) is 5.84 Å². The summed E-state index contributed by atoms with van der Waals surface area (Å²) < 4.78 is 27.6. The molecule has 1 fully saturated rings. The minimum atomic E-state index is -3.78. The molecule has 1 saturated carbocycles. The molecule has 0 radical (unpaired) electrons. The number of rotatable bonds is 1. The topological polar surface area (TPSA) is 105 Å². The van der Waals surface area contributed by atoms with Gasteiger partial charge in [0.2, 0.25) is 0 Å². The van der Waals surface area contributed by atoms with Crippen LogP contribution in [-0.2, 0) is 10.0 Å². The van der Waals surface area contributed by atoms with E-state index in [1.54, 1.807) is 18.2 Å². The zero-order valence-corrected chi connectivity index (χ0v) is 12.8. The molecule has 7 nitrogen and oxygen atoms in total. The molecule has 1 aliphatic heterocycles. The highest BCUT2D eigenvalue weighted by Gasteiger charge is 2.33. The van der Waals surface area contributed by atoms with Gasteiger partial charge < -0.3 is 5.32 Å². The Labute approximate surface area is 129 Å². The van der Waals surface area contributed by atoms with Gasteiger partial charge in [-0.25, -0.2) is 15.6 Å². The fraction of sp³-hybridized carbons (Fsp3) is 0.429. The number of nitrogens with zero attached hydrogens (tertiary/aromatic N) is 2. The van der Waals surface area contributed by atoms with Crippen LogP contribution in [0.4, 0.5) is 4.79 Å². The van der Waals surface area contributed by atoms with E-state index in [1.165, 1.54) is 12.5 Å². The van der Waals surface area contributed by atoms with E-state index in [0.29, 0.717) is 5.56 Å². The van der Waals surface area contributed by atoms with Crippen LogP contribution < -0.4 is 11.2 Å². The van der Waals surface area contributed by atoms with Gasteiger partial charge in [-0.1, -0.05) is 31.4 Å². The molecule has 3 rings (SSSR count). The number of carbonyl (C=O) groups excluding carboxylic acids is 1. The van der Waals surface area contributed by atoms with Crippen LogP contribution in [-0.4, -0.2) is 31.3 Å². The second-order valence-electron chi connectivity index (χ2n) is 5.54. The third-order valence-corrected chi connectivity index (χ3v) is 5.32. The van der Waals surface area contributed by atoms with Crippen LogP contribution in [0.5, 0.6) is 0 Å². The van der Waals surface area contributed by atoms with Crippen LogP contribution >= 0.6 is 0 Å². The van der Waals surface area contributed by atoms with E-state index >= 15 is 0 Å². The summed E-state index contributed by atoms with van der Waals surface area (Å²) in [6.45, 7) is 0. The van der Waals surface area contributed by atoms with Crippen molar-refractivity contribution in [3.05, 3.63) is 29.8 Å². The first-order valence-electron chi connectivity index (χ1n) is 7.29. The standard InChI is InChI=1S/C14H18N4O3S/c15-18(14(19)16-10-6-2-1-3-7-10)13-11-8-4-5-9-12(11)22(20,21)17-13/h4-5,8-10H,1-3,6-7,15H2,(H,16,19). The summed E-state index contributed by atoms with van der Waals surface area (Å²) in [5, 5.41) is 3.63. The Kier molecular flexibility index (Phi) is 3.88. The number of sulfonamides is 1. The average Bonchev–Trinajstić information content (AvgIpc) is 2.80. The summed E-state index contributed by atoms with van der Waals surface area (Å²) in [5.74, 6) is 5.76. The van der Waals surface area contributed by atoms with Gasteiger partial charge in [-0.3, -0.25) is 0 Å². The molecule has 0 saturated heterocycles. The predicted octanol–water partition coefficient (Wildman–Crippen LogP) is 1.35. The lowest BCUT2D eigenvalue weighted by Crippen LogP contribution is -2.51. The van der Waals surface area contributed by atoms with Gasteiger partial charge in [0, 0.05) is 11.6 Å². The molecule has 2 aliphatic rings. The van der Waals surface area contributed by atoms with Crippen LogP contribution in [0.25, 0.3) is 0 Å². The Morgan fingerprint density at radius 1 is 1.23 bits per heavy atom. The van der Waals surface area contributed by atoms with Gasteiger partial charge in [0.1, 0.15) is 4.90 Å². The zero-order valence-electron chi connectivity index (χ0n) is 12.0. The molecule has 0 aromatic heterocycles. The molecule has 1 aromatic rings. The van der Waals surface area contributed by atoms with Gasteiger partial charge >= 0.3 is 6.03 Å². The molecule has 0 unspecified atom stereocenters. The Morgan fingerprint density at radius 3 is 2.64 bits per heavy atom. The number of amides is 2. The Balaban J connectivity index is 1.80. The lowest BCUT2D eigenvalue weighted by atomic mass is 9.96. The molecule has 3 N–H and O–H groups in total. The van der Waals surface area contributed by atoms with E-state index in [1.807, 2.05) is 0 Å². The summed E-state index contributed by atoms with van der Waals surface area (Å²) in [4.78, 5) is 12.3. The molecule has 2 amide bonds. The fourth-order valence-corrected chi connectivity index (χ4v) is 4.05. The Morgan fingerprint density at radius 2 is 1.91 bits per heavy atom. The fourth-order valence-electron chi connectivity index (χ4n) is 2.85. The summed E-state index contributed by atoms with van der Waals surface area (Å²) in [7, 11) is -3.78. The van der Waals surface area contributed by atoms with Crippen LogP contribution in [0.2, 0.25) is 0 Å². The number of hydrogen-bond acceptors (Lipinski definition) is 4. The minimum absolute atomic E-state index is 0.0380. The number of nitrogens with one attached hydrogen (secondary N) is 1. The van der Waals surface area contributed by atoms with Crippen molar-refractivity contribution in [3.63, 3.8) is 0 Å². The number of hydrogen-bond donors (Lipinski definition) is 2. The van der Waals surface area contributed by atoms with Gasteiger partial charge in [-0.05, 0) is 25.0 Å². The normalized spacial score (nSPS) is 20.1. The minimum Gasteiger partial charge on any atom is -0.334 e. The number of nitrogens with two attached hydrogens (primary N) is 1. The molecule has 22 heavy (non-hydrogen) atoms. The van der Waals surface area contributed by atoms with Crippen molar-refractivity contribution in [2.24, 2.45) is 10.2 Å². The first kappa shape index (κ1) is 15.0. The number of benzene rings is 1. The number of urea groups is 1. The van der Waals surface area contributed by atoms with Crippen LogP contribution in [0.3, 0.4) is 0 Å². The molecule has 0 atom stereocenters. The lowest BCUT2D eigenvalue weighted by molar-refractivity contribution is 0.213. The molecule has 1 heterocycles. The van der Waals surface area contributed by atoms with Crippen molar-refractivity contribution in [2.75, 3.05) is 0 Å². The molecule has 8 heteroatoms. The number of amidine groups is 1. The average molecular weight is 322 g/mol. The lowest BCUT2D eigenvalue weighted by Gasteiger charge is -2.25. The largest absolute Gasteiger partial charge is 0.337 e. The molecular formula is C14H18N4O3S. The second-order valence-corrected chi connectivity index (χ2v) is 7.11. The van der Waals surface area contributed by atoms with Crippen molar-refractivity contribution in [1.29, 1.82) is 0 Å². The SMILES string of the molecule is NN(C(=O)NC1CCCCC1)C1=NS(=O)(=O)c2ccccc21. The first-order chi connectivity index (χ1) is 10.5. The summed E-state index contributed by atoms with van der Waals surface area (Å²) in [6, 6.07) is 5.89. The Hall–Kier alpha value is -1.93. The highest BCUT2D eigenvalue weighted by atomic mass is 32.2. The van der Waals surface area contributed by atoms with Gasteiger partial charge in [-0.15, -0.1) is 4.40 Å². The monoisotopic (exact) mass is 322 g/mol. The van der Waals surface area contributed by atoms with Gasteiger partial charge in [0.05, 0.1) is 0 Å². The van der Waals surface area contributed by atoms with Crippen molar-refractivity contribution in [2.45, 2.75) is 43.0 Å². The Bertz CT molecular complexity index is 723. The summed E-state index contributed by atoms with van der Waals surface area (Å²) >= 11 is 0. The van der Waals surface area contributed by atoms with E-state index < -0.39 is 16.1 Å². The molecule has 1 aromatic carbocycles. The number of fused-ring (bicyclic) bond motifs is 1. The zero-order chi connectivity index (χ0) is 15.7. The quantitative estimate of drug-likeness (QED) is 0.462. The highest BCUT2D eigenvalue weighted by Crippen LogP contribution is 2.26. The number of carbonyl (C=O) groups is 1. The van der Waals surface area contributed by atoms with E-state index in [0.717, 1.165) is 30.7 Å². The van der Waals surface area contributed by atoms with Crippen molar-refractivity contribution >= 4 is 21.9 Å². The van der Waals surface area contributed by atoms with E-state index in [9.17, 15) is 13.2 Å². The maximum absolute atomic E-state index is 12.2. The van der Waals surface area contributed by atoms with Crippen molar-refractivity contribution < 1.29 is 13.2 Å². The summed E-state index contributed by atoms with van der Waals surface area (Å²) in [5.41, 5.74) is 0.351. The van der Waals surface area contributed by atoms with Gasteiger partial charge in [-0.2, -0.15) is 8.42 Å². The second kappa shape index (κ2) is 5.69. The third-order valence-electron chi connectivity index (χ3n) is 3.99. The van der Waals surface area contributed by atoms with Gasteiger partial charge in [0.15, 0.2) is 5.84 Å². The van der Waals surface area contributed by atoms with E-state index in [2.05, 4.69) is 9.71 Å². The molecule has 1 aliphatic carbocycles. The third kappa shape index (κ3) is 2.71. The van der Waals surface area contributed by atoms with Gasteiger partial charge in [0.25, 0.3) is 10.0 Å². The van der Waals surface area contributed by atoms with Crippen molar-refractivity contribution in [1.82, 2.24) is 10.3 Å². The molecular weight excluding hydrogens is 304 g/mol.